The number of hydrogen-bond acceptors (Lipinski definition) is 10. The number of carbonyl (C=O) groups excluding carboxylic acids is 4. The van der Waals surface area contributed by atoms with Gasteiger partial charge in [-0.15, -0.1) is 0 Å². The number of benzene rings is 2. The molecular formula is C26H34N4O6S2. The minimum Gasteiger partial charge on any atom is -0.468 e. The molecule has 10 nitrogen and oxygen atoms in total. The molecule has 12 heteroatoms. The van der Waals surface area contributed by atoms with Crippen molar-refractivity contribution in [1.82, 2.24) is 21.7 Å². The van der Waals surface area contributed by atoms with Crippen molar-refractivity contribution < 1.29 is 28.7 Å². The summed E-state index contributed by atoms with van der Waals surface area (Å²) in [5.74, 6) is -2.00. The Kier molecular flexibility index (Phi) is 12.6. The zero-order chi connectivity index (χ0) is 28.2. The van der Waals surface area contributed by atoms with Crippen LogP contribution in [-0.2, 0) is 19.1 Å². The highest BCUT2D eigenvalue weighted by Crippen LogP contribution is 2.40. The topological polar surface area (TPSA) is 135 Å². The summed E-state index contributed by atoms with van der Waals surface area (Å²) in [7, 11) is 5.21. The molecule has 0 radical (unpaired) electrons. The Balaban J connectivity index is 2.11. The van der Waals surface area contributed by atoms with Crippen LogP contribution in [0.25, 0.3) is 0 Å². The second kappa shape index (κ2) is 15.4. The third-order valence-electron chi connectivity index (χ3n) is 5.41. The Bertz CT molecular complexity index is 1040. The van der Waals surface area contributed by atoms with E-state index < -0.39 is 35.8 Å². The third kappa shape index (κ3) is 8.76. The maximum absolute atomic E-state index is 12.9. The van der Waals surface area contributed by atoms with Crippen molar-refractivity contribution in [3.63, 3.8) is 0 Å². The molecule has 0 aliphatic rings. The summed E-state index contributed by atoms with van der Waals surface area (Å²) in [5, 5.41) is 0. The Morgan fingerprint density at radius 3 is 1.29 bits per heavy atom. The van der Waals surface area contributed by atoms with E-state index in [2.05, 4.69) is 21.7 Å². The number of carbonyl (C=O) groups is 4. The fourth-order valence-corrected chi connectivity index (χ4v) is 5.57. The SMILES string of the molecule is COC(=O)[C@@H](NNC(=O)c1ccccc1SSc1ccccc1C(=O)NN[C@H](C(=O)OC)C(C)C)C(C)C. The highest BCUT2D eigenvalue weighted by atomic mass is 33.1. The molecule has 0 aliphatic heterocycles. The molecule has 2 amide bonds. The molecule has 0 bridgehead atoms. The van der Waals surface area contributed by atoms with Gasteiger partial charge in [-0.1, -0.05) is 73.5 Å². The molecule has 2 aromatic rings. The average Bonchev–Trinajstić information content (AvgIpc) is 2.91. The van der Waals surface area contributed by atoms with E-state index in [-0.39, 0.29) is 11.8 Å². The van der Waals surface area contributed by atoms with Crippen LogP contribution >= 0.6 is 21.6 Å². The number of hydrazine groups is 2. The van der Waals surface area contributed by atoms with Crippen LogP contribution in [-0.4, -0.2) is 50.1 Å². The first-order valence-corrected chi connectivity index (χ1v) is 14.1. The summed E-state index contributed by atoms with van der Waals surface area (Å²) in [6.45, 7) is 7.34. The van der Waals surface area contributed by atoms with Gasteiger partial charge >= 0.3 is 11.9 Å². The standard InChI is InChI=1S/C26H34N4O6S2/c1-15(2)21(25(33)35-5)27-29-23(31)17-11-7-9-13-19(17)37-38-20-14-10-8-12-18(20)24(32)30-28-22(16(3)4)26(34)36-6/h7-16,21-22,27-28H,1-6H3,(H,29,31)(H,30,32)/t21-,22-/m0/s1. The number of rotatable bonds is 13. The smallest absolute Gasteiger partial charge is 0.324 e. The second-order valence-corrected chi connectivity index (χ2v) is 11.1. The number of amides is 2. The maximum Gasteiger partial charge on any atom is 0.324 e. The van der Waals surface area contributed by atoms with Gasteiger partial charge in [-0.2, -0.15) is 0 Å². The number of esters is 2. The van der Waals surface area contributed by atoms with E-state index in [1.54, 1.807) is 48.5 Å². The lowest BCUT2D eigenvalue weighted by atomic mass is 10.1. The molecule has 0 saturated heterocycles. The van der Waals surface area contributed by atoms with Gasteiger partial charge < -0.3 is 9.47 Å². The van der Waals surface area contributed by atoms with Crippen molar-refractivity contribution in [1.29, 1.82) is 0 Å². The summed E-state index contributed by atoms with van der Waals surface area (Å²) in [6, 6.07) is 12.6. The Morgan fingerprint density at radius 2 is 0.974 bits per heavy atom. The summed E-state index contributed by atoms with van der Waals surface area (Å²) in [4.78, 5) is 51.1. The van der Waals surface area contributed by atoms with Gasteiger partial charge in [0, 0.05) is 9.79 Å². The molecule has 4 N–H and O–H groups in total. The van der Waals surface area contributed by atoms with E-state index in [9.17, 15) is 19.2 Å². The molecule has 0 spiro atoms. The number of hydrogen-bond donors (Lipinski definition) is 4. The molecule has 2 rings (SSSR count). The zero-order valence-electron chi connectivity index (χ0n) is 22.2. The molecule has 0 unspecified atom stereocenters. The van der Waals surface area contributed by atoms with E-state index in [0.29, 0.717) is 20.9 Å². The molecule has 0 aromatic heterocycles. The lowest BCUT2D eigenvalue weighted by Gasteiger charge is -2.21. The molecule has 0 aliphatic carbocycles. The Hall–Kier alpha value is -3.06. The van der Waals surface area contributed by atoms with E-state index in [4.69, 9.17) is 9.47 Å². The van der Waals surface area contributed by atoms with E-state index in [1.165, 1.54) is 35.8 Å². The van der Waals surface area contributed by atoms with E-state index in [0.717, 1.165) is 0 Å². The monoisotopic (exact) mass is 562 g/mol. The van der Waals surface area contributed by atoms with Crippen LogP contribution in [0, 0.1) is 11.8 Å². The molecular weight excluding hydrogens is 528 g/mol. The van der Waals surface area contributed by atoms with Gasteiger partial charge in [0.2, 0.25) is 0 Å². The molecule has 0 heterocycles. The molecule has 0 saturated carbocycles. The highest BCUT2D eigenvalue weighted by Gasteiger charge is 2.25. The summed E-state index contributed by atoms with van der Waals surface area (Å²) < 4.78 is 9.59. The first kappa shape index (κ1) is 31.2. The van der Waals surface area contributed by atoms with Crippen molar-refractivity contribution in [2.24, 2.45) is 11.8 Å². The van der Waals surface area contributed by atoms with Crippen LogP contribution in [0.5, 0.6) is 0 Å². The predicted molar refractivity (Wildman–Crippen MR) is 147 cm³/mol. The maximum atomic E-state index is 12.9. The lowest BCUT2D eigenvalue weighted by molar-refractivity contribution is -0.145. The number of ether oxygens (including phenoxy) is 2. The van der Waals surface area contributed by atoms with Gasteiger partial charge in [-0.05, 0) is 36.1 Å². The zero-order valence-corrected chi connectivity index (χ0v) is 23.8. The number of nitrogens with one attached hydrogen (secondary N) is 4. The summed E-state index contributed by atoms with van der Waals surface area (Å²) in [5.41, 5.74) is 11.5. The van der Waals surface area contributed by atoms with Gasteiger partial charge in [0.1, 0.15) is 12.1 Å². The van der Waals surface area contributed by atoms with Crippen molar-refractivity contribution in [2.75, 3.05) is 14.2 Å². The van der Waals surface area contributed by atoms with E-state index >= 15 is 0 Å². The lowest BCUT2D eigenvalue weighted by Crippen LogP contribution is -2.51. The van der Waals surface area contributed by atoms with Crippen LogP contribution in [0.2, 0.25) is 0 Å². The van der Waals surface area contributed by atoms with Crippen LogP contribution in [0.4, 0.5) is 0 Å². The van der Waals surface area contributed by atoms with Gasteiger partial charge in [0.05, 0.1) is 25.3 Å². The van der Waals surface area contributed by atoms with Crippen LogP contribution in [0.1, 0.15) is 48.4 Å². The van der Waals surface area contributed by atoms with Crippen molar-refractivity contribution in [2.45, 2.75) is 49.6 Å². The quantitative estimate of drug-likeness (QED) is 0.164. The Morgan fingerprint density at radius 1 is 0.632 bits per heavy atom. The van der Waals surface area contributed by atoms with Crippen molar-refractivity contribution in [3.8, 4) is 0 Å². The first-order valence-electron chi connectivity index (χ1n) is 11.9. The van der Waals surface area contributed by atoms with Crippen LogP contribution in [0.3, 0.4) is 0 Å². The minimum absolute atomic E-state index is 0.108. The molecule has 206 valence electrons. The van der Waals surface area contributed by atoms with Gasteiger partial charge in [-0.25, -0.2) is 10.9 Å². The summed E-state index contributed by atoms with van der Waals surface area (Å²) in [6.07, 6.45) is 0. The molecule has 2 aromatic carbocycles. The fourth-order valence-electron chi connectivity index (χ4n) is 3.21. The van der Waals surface area contributed by atoms with E-state index in [1.807, 2.05) is 27.7 Å². The first-order chi connectivity index (χ1) is 18.1. The highest BCUT2D eigenvalue weighted by molar-refractivity contribution is 8.76. The van der Waals surface area contributed by atoms with Crippen molar-refractivity contribution >= 4 is 45.3 Å². The van der Waals surface area contributed by atoms with Crippen LogP contribution in [0.15, 0.2) is 58.3 Å². The molecule has 38 heavy (non-hydrogen) atoms. The minimum atomic E-state index is -0.702. The fraction of sp³-hybridized carbons (Fsp3) is 0.385. The van der Waals surface area contributed by atoms with Gasteiger partial charge in [0.15, 0.2) is 0 Å². The molecule has 2 atom stereocenters. The third-order valence-corrected chi connectivity index (χ3v) is 7.89. The van der Waals surface area contributed by atoms with Gasteiger partial charge in [0.25, 0.3) is 11.8 Å². The summed E-state index contributed by atoms with van der Waals surface area (Å²) >= 11 is 0. The molecule has 0 fully saturated rings. The van der Waals surface area contributed by atoms with Crippen molar-refractivity contribution in [3.05, 3.63) is 59.7 Å². The average molecular weight is 563 g/mol. The van der Waals surface area contributed by atoms with Crippen LogP contribution < -0.4 is 21.7 Å². The second-order valence-electron chi connectivity index (χ2n) is 8.85. The number of methoxy groups -OCH3 is 2. The van der Waals surface area contributed by atoms with Gasteiger partial charge in [-0.3, -0.25) is 30.0 Å². The normalized spacial score (nSPS) is 12.5. The predicted octanol–water partition coefficient (Wildman–Crippen LogP) is 3.35. The largest absolute Gasteiger partial charge is 0.468 e. The Labute approximate surface area is 230 Å².